The number of aryl methyl sites for hydroxylation is 2. The number of aliphatic hydroxyl groups is 1. The van der Waals surface area contributed by atoms with Gasteiger partial charge in [-0.3, -0.25) is 4.79 Å². The second kappa shape index (κ2) is 4.92. The van der Waals surface area contributed by atoms with Crippen molar-refractivity contribution in [3.8, 4) is 0 Å². The Bertz CT molecular complexity index is 417. The van der Waals surface area contributed by atoms with Crippen LogP contribution in [0.4, 0.5) is 0 Å². The lowest BCUT2D eigenvalue weighted by molar-refractivity contribution is 0.0845. The third kappa shape index (κ3) is 2.69. The minimum Gasteiger partial charge on any atom is -0.466 e. The monoisotopic (exact) mass is 239 g/mol. The van der Waals surface area contributed by atoms with Crippen LogP contribution in [0.5, 0.6) is 0 Å². The zero-order valence-corrected chi connectivity index (χ0v) is 11.2. The summed E-state index contributed by atoms with van der Waals surface area (Å²) in [5.41, 5.74) is 0.855. The number of carbonyl (C=O) groups excluding carboxylic acids is 1. The van der Waals surface area contributed by atoms with Crippen molar-refractivity contribution >= 4 is 5.91 Å². The first-order valence-electron chi connectivity index (χ1n) is 5.84. The van der Waals surface area contributed by atoms with Crippen molar-refractivity contribution in [2.75, 3.05) is 6.61 Å². The van der Waals surface area contributed by atoms with Gasteiger partial charge >= 0.3 is 0 Å². The first-order valence-corrected chi connectivity index (χ1v) is 5.84. The summed E-state index contributed by atoms with van der Waals surface area (Å²) in [6.45, 7) is 9.15. The van der Waals surface area contributed by atoms with Crippen molar-refractivity contribution in [1.29, 1.82) is 0 Å². The van der Waals surface area contributed by atoms with E-state index in [1.54, 1.807) is 6.92 Å². The molecule has 1 unspecified atom stereocenters. The van der Waals surface area contributed by atoms with Crippen molar-refractivity contribution < 1.29 is 14.3 Å². The highest BCUT2D eigenvalue weighted by atomic mass is 16.3. The number of furan rings is 1. The van der Waals surface area contributed by atoms with Gasteiger partial charge in [0.1, 0.15) is 11.5 Å². The summed E-state index contributed by atoms with van der Waals surface area (Å²) < 4.78 is 5.42. The van der Waals surface area contributed by atoms with Gasteiger partial charge in [-0.15, -0.1) is 0 Å². The van der Waals surface area contributed by atoms with Gasteiger partial charge in [0.25, 0.3) is 5.91 Å². The van der Waals surface area contributed by atoms with E-state index < -0.39 is 5.54 Å². The van der Waals surface area contributed by atoms with Crippen LogP contribution in [0.1, 0.15) is 47.7 Å². The molecule has 17 heavy (non-hydrogen) atoms. The summed E-state index contributed by atoms with van der Waals surface area (Å²) in [7, 11) is 0. The maximum absolute atomic E-state index is 12.2. The Labute approximate surface area is 102 Å². The molecule has 0 fully saturated rings. The summed E-state index contributed by atoms with van der Waals surface area (Å²) in [5, 5.41) is 12.1. The van der Waals surface area contributed by atoms with Crippen molar-refractivity contribution in [2.45, 2.75) is 46.6 Å². The maximum Gasteiger partial charge on any atom is 0.255 e. The molecular weight excluding hydrogens is 218 g/mol. The summed E-state index contributed by atoms with van der Waals surface area (Å²) in [5.74, 6) is 1.19. The quantitative estimate of drug-likeness (QED) is 0.845. The molecule has 1 atom stereocenters. The van der Waals surface area contributed by atoms with Gasteiger partial charge < -0.3 is 14.8 Å². The summed E-state index contributed by atoms with van der Waals surface area (Å²) >= 11 is 0. The van der Waals surface area contributed by atoms with Gasteiger partial charge in [-0.1, -0.05) is 6.92 Å². The highest BCUT2D eigenvalue weighted by Gasteiger charge is 2.27. The minimum atomic E-state index is -0.582. The molecule has 1 amide bonds. The number of carbonyl (C=O) groups is 1. The van der Waals surface area contributed by atoms with Gasteiger partial charge in [0.15, 0.2) is 0 Å². The molecule has 0 saturated heterocycles. The van der Waals surface area contributed by atoms with Crippen LogP contribution in [0.25, 0.3) is 0 Å². The van der Waals surface area contributed by atoms with E-state index in [4.69, 9.17) is 4.42 Å². The first-order chi connectivity index (χ1) is 7.84. The Hall–Kier alpha value is -1.29. The lowest BCUT2D eigenvalue weighted by Crippen LogP contribution is -2.48. The fraction of sp³-hybridized carbons (Fsp3) is 0.615. The minimum absolute atomic E-state index is 0.0792. The number of aliphatic hydroxyl groups excluding tert-OH is 1. The molecule has 0 aliphatic heterocycles. The van der Waals surface area contributed by atoms with Crippen LogP contribution in [-0.2, 0) is 0 Å². The smallest absolute Gasteiger partial charge is 0.255 e. The molecule has 96 valence electrons. The van der Waals surface area contributed by atoms with Crippen LogP contribution < -0.4 is 5.32 Å². The number of amides is 1. The average Bonchev–Trinajstić information content (AvgIpc) is 2.53. The summed E-state index contributed by atoms with van der Waals surface area (Å²) in [6.07, 6.45) is 0.671. The number of nitrogens with one attached hydrogen (secondary N) is 1. The van der Waals surface area contributed by atoms with Crippen LogP contribution in [-0.4, -0.2) is 23.2 Å². The Balaban J connectivity index is 2.98. The molecule has 0 aliphatic rings. The van der Waals surface area contributed by atoms with E-state index in [0.717, 1.165) is 11.3 Å². The molecule has 1 aromatic heterocycles. The van der Waals surface area contributed by atoms with Gasteiger partial charge in [-0.25, -0.2) is 0 Å². The predicted molar refractivity (Wildman–Crippen MR) is 66.2 cm³/mol. The molecule has 0 aromatic carbocycles. The van der Waals surface area contributed by atoms with Crippen LogP contribution in [0, 0.1) is 20.8 Å². The van der Waals surface area contributed by atoms with Gasteiger partial charge in [0.05, 0.1) is 17.7 Å². The molecule has 1 heterocycles. The van der Waals surface area contributed by atoms with E-state index >= 15 is 0 Å². The molecule has 0 saturated carbocycles. The van der Waals surface area contributed by atoms with E-state index in [1.807, 2.05) is 27.7 Å². The van der Waals surface area contributed by atoms with Crippen LogP contribution >= 0.6 is 0 Å². The molecule has 0 spiro atoms. The molecule has 0 radical (unpaired) electrons. The fourth-order valence-electron chi connectivity index (χ4n) is 1.70. The van der Waals surface area contributed by atoms with E-state index in [-0.39, 0.29) is 12.5 Å². The molecule has 4 heteroatoms. The fourth-order valence-corrected chi connectivity index (χ4v) is 1.70. The third-order valence-electron chi connectivity index (χ3n) is 3.33. The zero-order valence-electron chi connectivity index (χ0n) is 11.2. The van der Waals surface area contributed by atoms with E-state index in [0.29, 0.717) is 17.7 Å². The van der Waals surface area contributed by atoms with E-state index in [1.165, 1.54) is 0 Å². The van der Waals surface area contributed by atoms with Crippen LogP contribution in [0.3, 0.4) is 0 Å². The van der Waals surface area contributed by atoms with Crippen LogP contribution in [0.2, 0.25) is 0 Å². The van der Waals surface area contributed by atoms with Crippen molar-refractivity contribution in [2.24, 2.45) is 0 Å². The lowest BCUT2D eigenvalue weighted by Gasteiger charge is -2.27. The number of hydrogen-bond acceptors (Lipinski definition) is 3. The Morgan fingerprint density at radius 2 is 1.94 bits per heavy atom. The van der Waals surface area contributed by atoms with Gasteiger partial charge in [-0.05, 0) is 34.1 Å². The van der Waals surface area contributed by atoms with Gasteiger partial charge in [0, 0.05) is 5.56 Å². The van der Waals surface area contributed by atoms with Crippen molar-refractivity contribution in [3.63, 3.8) is 0 Å². The summed E-state index contributed by atoms with van der Waals surface area (Å²) in [4.78, 5) is 12.2. The number of hydrogen-bond donors (Lipinski definition) is 2. The normalized spacial score (nSPS) is 14.5. The zero-order chi connectivity index (χ0) is 13.2. The van der Waals surface area contributed by atoms with Gasteiger partial charge in [0.2, 0.25) is 0 Å². The van der Waals surface area contributed by atoms with Crippen LogP contribution in [0.15, 0.2) is 4.42 Å². The van der Waals surface area contributed by atoms with Crippen molar-refractivity contribution in [1.82, 2.24) is 5.32 Å². The molecule has 0 bridgehead atoms. The highest BCUT2D eigenvalue weighted by molar-refractivity contribution is 5.97. The van der Waals surface area contributed by atoms with Crippen molar-refractivity contribution in [3.05, 3.63) is 22.6 Å². The predicted octanol–water partition coefficient (Wildman–Crippen LogP) is 2.10. The molecule has 0 aliphatic carbocycles. The molecular formula is C13H21NO3. The van der Waals surface area contributed by atoms with E-state index in [2.05, 4.69) is 5.32 Å². The van der Waals surface area contributed by atoms with E-state index in [9.17, 15) is 9.90 Å². The molecule has 4 nitrogen and oxygen atoms in total. The molecule has 1 aromatic rings. The molecule has 1 rings (SSSR count). The summed E-state index contributed by atoms with van der Waals surface area (Å²) in [6, 6.07) is 0. The SMILES string of the molecule is CCC(C)(CO)NC(=O)c1c(C)oc(C)c1C. The first kappa shape index (κ1) is 13.8. The highest BCUT2D eigenvalue weighted by Crippen LogP contribution is 2.21. The third-order valence-corrected chi connectivity index (χ3v) is 3.33. The Kier molecular flexibility index (Phi) is 3.98. The maximum atomic E-state index is 12.2. The van der Waals surface area contributed by atoms with Gasteiger partial charge in [-0.2, -0.15) is 0 Å². The second-order valence-corrected chi connectivity index (χ2v) is 4.74. The lowest BCUT2D eigenvalue weighted by atomic mass is 9.99. The largest absolute Gasteiger partial charge is 0.466 e. The Morgan fingerprint density at radius 3 is 2.29 bits per heavy atom. The molecule has 2 N–H and O–H groups in total. The standard InChI is InChI=1S/C13H21NO3/c1-6-13(5,7-15)14-12(16)11-8(2)9(3)17-10(11)4/h15H,6-7H2,1-5H3,(H,14,16). The second-order valence-electron chi connectivity index (χ2n) is 4.74. The topological polar surface area (TPSA) is 62.5 Å². The number of rotatable bonds is 4. The average molecular weight is 239 g/mol. The Morgan fingerprint density at radius 1 is 1.35 bits per heavy atom.